The topological polar surface area (TPSA) is 103 Å². The third-order valence-electron chi connectivity index (χ3n) is 3.85. The van der Waals surface area contributed by atoms with Crippen molar-refractivity contribution in [3.05, 3.63) is 47.7 Å². The molecule has 116 valence electrons. The van der Waals surface area contributed by atoms with Crippen LogP contribution in [0.5, 0.6) is 0 Å². The number of amides is 1. The van der Waals surface area contributed by atoms with Crippen molar-refractivity contribution < 1.29 is 9.32 Å². The quantitative estimate of drug-likeness (QED) is 0.756. The lowest BCUT2D eigenvalue weighted by Crippen LogP contribution is -2.25. The number of hydrogen-bond acceptors (Lipinski definition) is 6. The fraction of sp³-hybridized carbons (Fsp3) is 0.200. The number of fused-ring (bicyclic) bond motifs is 3. The van der Waals surface area contributed by atoms with Crippen LogP contribution >= 0.6 is 0 Å². The van der Waals surface area contributed by atoms with Crippen molar-refractivity contribution in [1.82, 2.24) is 24.6 Å². The molecule has 0 aliphatic carbocycles. The van der Waals surface area contributed by atoms with Gasteiger partial charge in [0.15, 0.2) is 0 Å². The molecule has 3 aromatic rings. The molecule has 1 amide bonds. The lowest BCUT2D eigenvalue weighted by molar-refractivity contribution is 0.0788. The Hall–Kier alpha value is -3.00. The molecule has 0 bridgehead atoms. The first-order chi connectivity index (χ1) is 11.2. The third kappa shape index (κ3) is 2.03. The number of carbonyl (C=O) groups excluding carboxylic acids is 1. The minimum Gasteiger partial charge on any atom is -0.338 e. The molecule has 2 N–H and O–H groups in total. The number of aromatic nitrogens is 4. The summed E-state index contributed by atoms with van der Waals surface area (Å²) in [6, 6.07) is 7.44. The average Bonchev–Trinajstić information content (AvgIpc) is 3.18. The summed E-state index contributed by atoms with van der Waals surface area (Å²) < 4.78 is 6.95. The van der Waals surface area contributed by atoms with Crippen molar-refractivity contribution in [2.24, 2.45) is 5.73 Å². The summed E-state index contributed by atoms with van der Waals surface area (Å²) in [5.74, 6) is 0.686. The number of imidazole rings is 1. The predicted octanol–water partition coefficient (Wildman–Crippen LogP) is 0.967. The van der Waals surface area contributed by atoms with Gasteiger partial charge in [0.05, 0.1) is 30.0 Å². The summed E-state index contributed by atoms with van der Waals surface area (Å²) in [6.07, 6.45) is 1.68. The molecule has 0 saturated heterocycles. The van der Waals surface area contributed by atoms with Gasteiger partial charge in [-0.3, -0.25) is 9.36 Å². The Bertz CT molecular complexity index is 897. The Morgan fingerprint density at radius 1 is 1.35 bits per heavy atom. The van der Waals surface area contributed by atoms with Gasteiger partial charge in [0.1, 0.15) is 12.0 Å². The molecule has 4 rings (SSSR count). The van der Waals surface area contributed by atoms with Crippen LogP contribution in [0.4, 0.5) is 0 Å². The second kappa shape index (κ2) is 5.03. The van der Waals surface area contributed by atoms with E-state index in [1.54, 1.807) is 18.3 Å². The van der Waals surface area contributed by atoms with Crippen LogP contribution in [0.1, 0.15) is 21.9 Å². The lowest BCUT2D eigenvalue weighted by Gasteiger charge is -2.14. The van der Waals surface area contributed by atoms with Crippen molar-refractivity contribution in [2.45, 2.75) is 13.1 Å². The monoisotopic (exact) mass is 310 g/mol. The molecule has 8 nitrogen and oxygen atoms in total. The number of hydrogen-bond donors (Lipinski definition) is 1. The van der Waals surface area contributed by atoms with E-state index in [0.29, 0.717) is 29.5 Å². The van der Waals surface area contributed by atoms with Gasteiger partial charge in [-0.25, -0.2) is 4.98 Å². The van der Waals surface area contributed by atoms with E-state index in [1.165, 1.54) is 0 Å². The second-order valence-corrected chi connectivity index (χ2v) is 5.30. The summed E-state index contributed by atoms with van der Waals surface area (Å²) in [7, 11) is 1.76. The molecule has 23 heavy (non-hydrogen) atoms. The Balaban J connectivity index is 1.92. The maximum absolute atomic E-state index is 12.5. The SMILES string of the molecule is CN1Cc2c(-c3noc(CN)n3)ncn2-c2ccccc2C1=O. The first-order valence-electron chi connectivity index (χ1n) is 7.13. The minimum absolute atomic E-state index is 0.0361. The second-order valence-electron chi connectivity index (χ2n) is 5.30. The van der Waals surface area contributed by atoms with Crippen LogP contribution < -0.4 is 5.73 Å². The summed E-state index contributed by atoms with van der Waals surface area (Å²) in [6.45, 7) is 0.569. The molecule has 0 unspecified atom stereocenters. The number of carbonyl (C=O) groups is 1. The standard InChI is InChI=1S/C15H14N6O2/c1-20-7-11-13(14-18-12(6-16)23-19-14)17-8-21(11)10-5-3-2-4-9(10)15(20)22/h2-5,8H,6-7,16H2,1H3. The first-order valence-corrected chi connectivity index (χ1v) is 7.13. The van der Waals surface area contributed by atoms with E-state index in [1.807, 2.05) is 28.8 Å². The van der Waals surface area contributed by atoms with E-state index in [4.69, 9.17) is 10.3 Å². The van der Waals surface area contributed by atoms with Gasteiger partial charge in [-0.1, -0.05) is 17.3 Å². The fourth-order valence-corrected chi connectivity index (χ4v) is 2.72. The highest BCUT2D eigenvalue weighted by Gasteiger charge is 2.27. The van der Waals surface area contributed by atoms with Crippen LogP contribution in [0.3, 0.4) is 0 Å². The third-order valence-corrected chi connectivity index (χ3v) is 3.85. The molecule has 2 aromatic heterocycles. The van der Waals surface area contributed by atoms with Gasteiger partial charge in [0, 0.05) is 7.05 Å². The van der Waals surface area contributed by atoms with E-state index in [-0.39, 0.29) is 12.5 Å². The van der Waals surface area contributed by atoms with E-state index < -0.39 is 0 Å². The van der Waals surface area contributed by atoms with Crippen molar-refractivity contribution in [3.8, 4) is 17.2 Å². The Morgan fingerprint density at radius 3 is 2.96 bits per heavy atom. The Kier molecular flexibility index (Phi) is 2.98. The summed E-state index contributed by atoms with van der Waals surface area (Å²) in [5, 5.41) is 3.92. The molecule has 0 spiro atoms. The Labute approximate surface area is 131 Å². The van der Waals surface area contributed by atoms with E-state index in [9.17, 15) is 4.79 Å². The number of rotatable bonds is 2. The molecule has 0 saturated carbocycles. The highest BCUT2D eigenvalue weighted by molar-refractivity contribution is 5.98. The van der Waals surface area contributed by atoms with E-state index in [2.05, 4.69) is 15.1 Å². The average molecular weight is 310 g/mol. The molecule has 8 heteroatoms. The predicted molar refractivity (Wildman–Crippen MR) is 80.5 cm³/mol. The molecule has 0 radical (unpaired) electrons. The lowest BCUT2D eigenvalue weighted by atomic mass is 10.1. The first kappa shape index (κ1) is 13.6. The maximum Gasteiger partial charge on any atom is 0.256 e. The van der Waals surface area contributed by atoms with Gasteiger partial charge in [-0.05, 0) is 12.1 Å². The van der Waals surface area contributed by atoms with Gasteiger partial charge in [-0.15, -0.1) is 0 Å². The summed E-state index contributed by atoms with van der Waals surface area (Å²) >= 11 is 0. The van der Waals surface area contributed by atoms with Gasteiger partial charge in [0.25, 0.3) is 5.91 Å². The minimum atomic E-state index is -0.0361. The van der Waals surface area contributed by atoms with Crippen LogP contribution in [0.15, 0.2) is 35.1 Å². The van der Waals surface area contributed by atoms with E-state index >= 15 is 0 Å². The van der Waals surface area contributed by atoms with Crippen molar-refractivity contribution >= 4 is 5.91 Å². The molecular weight excluding hydrogens is 296 g/mol. The van der Waals surface area contributed by atoms with Crippen LogP contribution in [0.25, 0.3) is 17.2 Å². The number of benzene rings is 1. The zero-order valence-electron chi connectivity index (χ0n) is 12.4. The highest BCUT2D eigenvalue weighted by atomic mass is 16.5. The van der Waals surface area contributed by atoms with Gasteiger partial charge < -0.3 is 15.2 Å². The van der Waals surface area contributed by atoms with Crippen LogP contribution in [-0.2, 0) is 13.1 Å². The molecule has 3 heterocycles. The summed E-state index contributed by atoms with van der Waals surface area (Å²) in [5.41, 5.74) is 8.35. The van der Waals surface area contributed by atoms with Gasteiger partial charge >= 0.3 is 0 Å². The van der Waals surface area contributed by atoms with Gasteiger partial charge in [0.2, 0.25) is 11.7 Å². The molecule has 1 aliphatic heterocycles. The fourth-order valence-electron chi connectivity index (χ4n) is 2.72. The zero-order valence-corrected chi connectivity index (χ0v) is 12.4. The van der Waals surface area contributed by atoms with Crippen LogP contribution in [-0.4, -0.2) is 37.5 Å². The molecule has 1 aromatic carbocycles. The normalized spacial score (nSPS) is 13.7. The maximum atomic E-state index is 12.5. The molecular formula is C15H14N6O2. The zero-order chi connectivity index (χ0) is 16.0. The Morgan fingerprint density at radius 2 is 2.17 bits per heavy atom. The number of nitrogens with zero attached hydrogens (tertiary/aromatic N) is 5. The smallest absolute Gasteiger partial charge is 0.256 e. The van der Waals surface area contributed by atoms with Crippen LogP contribution in [0.2, 0.25) is 0 Å². The number of para-hydroxylation sites is 1. The van der Waals surface area contributed by atoms with Crippen molar-refractivity contribution in [1.29, 1.82) is 0 Å². The molecule has 0 fully saturated rings. The van der Waals surface area contributed by atoms with Crippen molar-refractivity contribution in [2.75, 3.05) is 7.05 Å². The molecule has 0 atom stereocenters. The van der Waals surface area contributed by atoms with Crippen LogP contribution in [0, 0.1) is 0 Å². The largest absolute Gasteiger partial charge is 0.338 e. The van der Waals surface area contributed by atoms with Gasteiger partial charge in [-0.2, -0.15) is 4.98 Å². The number of nitrogens with two attached hydrogens (primary N) is 1. The van der Waals surface area contributed by atoms with E-state index in [0.717, 1.165) is 11.4 Å². The van der Waals surface area contributed by atoms with Crippen molar-refractivity contribution in [3.63, 3.8) is 0 Å². The highest BCUT2D eigenvalue weighted by Crippen LogP contribution is 2.29. The summed E-state index contributed by atoms with van der Waals surface area (Å²) in [4.78, 5) is 22.8. The molecule has 1 aliphatic rings.